The number of nitrogens with zero attached hydrogens (tertiary/aromatic N) is 2. The molecule has 2 aromatic rings. The van der Waals surface area contributed by atoms with Gasteiger partial charge in [0.15, 0.2) is 0 Å². The number of pyridine rings is 1. The fourth-order valence-corrected chi connectivity index (χ4v) is 1.50. The highest BCUT2D eigenvalue weighted by Gasteiger charge is 2.04. The summed E-state index contributed by atoms with van der Waals surface area (Å²) in [7, 11) is 0. The van der Waals surface area contributed by atoms with E-state index in [1.165, 1.54) is 0 Å². The summed E-state index contributed by atoms with van der Waals surface area (Å²) < 4.78 is 0. The lowest BCUT2D eigenvalue weighted by Crippen LogP contribution is -2.01. The van der Waals surface area contributed by atoms with Gasteiger partial charge in [0.05, 0.1) is 11.1 Å². The lowest BCUT2D eigenvalue weighted by Gasteiger charge is -2.06. The molecule has 2 rings (SSSR count). The van der Waals surface area contributed by atoms with E-state index >= 15 is 0 Å². The third kappa shape index (κ3) is 1.75. The number of aromatic nitrogens is 1. The van der Waals surface area contributed by atoms with Crippen LogP contribution in [-0.4, -0.2) is 11.5 Å². The highest BCUT2D eigenvalue weighted by Crippen LogP contribution is 2.19. The molecular weight excluding hydrogens is 186 g/mol. The topological polar surface area (TPSA) is 48.7 Å². The molecule has 3 nitrogen and oxygen atoms in total. The van der Waals surface area contributed by atoms with Crippen LogP contribution >= 0.6 is 0 Å². The fourth-order valence-electron chi connectivity index (χ4n) is 1.50. The second-order valence-electron chi connectivity index (χ2n) is 3.22. The van der Waals surface area contributed by atoms with Crippen molar-refractivity contribution in [3.63, 3.8) is 0 Å². The predicted octanol–water partition coefficient (Wildman–Crippen LogP) is 2.54. The third-order valence-corrected chi connectivity index (χ3v) is 2.19. The zero-order valence-electron chi connectivity index (χ0n) is 8.49. The van der Waals surface area contributed by atoms with Gasteiger partial charge in [0, 0.05) is 11.9 Å². The number of fused-ring (bicyclic) bond motifs is 1. The smallest absolute Gasteiger partial charge is 0.144 e. The van der Waals surface area contributed by atoms with Gasteiger partial charge < -0.3 is 5.32 Å². The molecule has 74 valence electrons. The van der Waals surface area contributed by atoms with Crippen molar-refractivity contribution in [2.45, 2.75) is 6.92 Å². The molecule has 0 fully saturated rings. The first-order chi connectivity index (χ1) is 7.35. The van der Waals surface area contributed by atoms with Crippen LogP contribution in [0.4, 0.5) is 5.82 Å². The first-order valence-corrected chi connectivity index (χ1v) is 4.89. The van der Waals surface area contributed by atoms with Crippen molar-refractivity contribution in [2.24, 2.45) is 0 Å². The summed E-state index contributed by atoms with van der Waals surface area (Å²) in [6.45, 7) is 2.75. The van der Waals surface area contributed by atoms with Crippen LogP contribution in [0.1, 0.15) is 12.5 Å². The van der Waals surface area contributed by atoms with Crippen molar-refractivity contribution < 1.29 is 0 Å². The van der Waals surface area contributed by atoms with Gasteiger partial charge in [-0.15, -0.1) is 0 Å². The van der Waals surface area contributed by atoms with Gasteiger partial charge in [0.2, 0.25) is 0 Å². The normalized spacial score (nSPS) is 9.87. The Balaban J connectivity index is 2.65. The van der Waals surface area contributed by atoms with E-state index in [9.17, 15) is 0 Å². The zero-order valence-corrected chi connectivity index (χ0v) is 8.49. The molecule has 3 heteroatoms. The van der Waals surface area contributed by atoms with Crippen LogP contribution in [0.5, 0.6) is 0 Å². The monoisotopic (exact) mass is 197 g/mol. The zero-order chi connectivity index (χ0) is 10.7. The Morgan fingerprint density at radius 2 is 2.20 bits per heavy atom. The van der Waals surface area contributed by atoms with E-state index in [-0.39, 0.29) is 0 Å². The maximum atomic E-state index is 8.97. The predicted molar refractivity (Wildman–Crippen MR) is 60.6 cm³/mol. The van der Waals surface area contributed by atoms with Crippen LogP contribution in [0.2, 0.25) is 0 Å². The van der Waals surface area contributed by atoms with Crippen LogP contribution < -0.4 is 5.32 Å². The summed E-state index contributed by atoms with van der Waals surface area (Å²) in [6, 6.07) is 11.8. The van der Waals surface area contributed by atoms with Crippen molar-refractivity contribution in [3.05, 3.63) is 35.9 Å². The molecule has 0 aliphatic rings. The lowest BCUT2D eigenvalue weighted by atomic mass is 10.1. The van der Waals surface area contributed by atoms with Gasteiger partial charge in [-0.25, -0.2) is 4.98 Å². The van der Waals surface area contributed by atoms with E-state index in [4.69, 9.17) is 5.26 Å². The Morgan fingerprint density at radius 1 is 1.40 bits per heavy atom. The SMILES string of the molecule is CCNc1nc2ccccc2cc1C#N. The highest BCUT2D eigenvalue weighted by atomic mass is 15.0. The van der Waals surface area contributed by atoms with Gasteiger partial charge in [-0.05, 0) is 19.1 Å². The molecule has 1 N–H and O–H groups in total. The van der Waals surface area contributed by atoms with Gasteiger partial charge in [-0.2, -0.15) is 5.26 Å². The maximum absolute atomic E-state index is 8.97. The van der Waals surface area contributed by atoms with E-state index in [0.717, 1.165) is 17.4 Å². The fraction of sp³-hybridized carbons (Fsp3) is 0.167. The second-order valence-corrected chi connectivity index (χ2v) is 3.22. The minimum atomic E-state index is 0.593. The third-order valence-electron chi connectivity index (χ3n) is 2.19. The molecule has 0 saturated heterocycles. The Hall–Kier alpha value is -2.08. The molecule has 0 radical (unpaired) electrons. The number of para-hydroxylation sites is 1. The maximum Gasteiger partial charge on any atom is 0.144 e. The van der Waals surface area contributed by atoms with Crippen LogP contribution in [-0.2, 0) is 0 Å². The van der Waals surface area contributed by atoms with Gasteiger partial charge in [0.25, 0.3) is 0 Å². The summed E-state index contributed by atoms with van der Waals surface area (Å²) in [5, 5.41) is 13.1. The number of nitrogens with one attached hydrogen (secondary N) is 1. The molecule has 0 bridgehead atoms. The van der Waals surface area contributed by atoms with E-state index in [0.29, 0.717) is 11.4 Å². The molecule has 1 aromatic heterocycles. The molecule has 0 aliphatic heterocycles. The number of benzene rings is 1. The Kier molecular flexibility index (Phi) is 2.51. The number of rotatable bonds is 2. The average Bonchev–Trinajstić information content (AvgIpc) is 2.28. The number of nitriles is 1. The lowest BCUT2D eigenvalue weighted by molar-refractivity contribution is 1.17. The Bertz CT molecular complexity index is 526. The molecule has 0 spiro atoms. The van der Waals surface area contributed by atoms with E-state index in [1.807, 2.05) is 37.3 Å². The largest absolute Gasteiger partial charge is 0.369 e. The van der Waals surface area contributed by atoms with Gasteiger partial charge >= 0.3 is 0 Å². The molecular formula is C12H11N3. The van der Waals surface area contributed by atoms with Crippen LogP contribution in [0.15, 0.2) is 30.3 Å². The molecule has 15 heavy (non-hydrogen) atoms. The number of anilines is 1. The molecule has 0 atom stereocenters. The summed E-state index contributed by atoms with van der Waals surface area (Å²) in [5.74, 6) is 0.665. The number of hydrogen-bond acceptors (Lipinski definition) is 3. The Morgan fingerprint density at radius 3 is 2.93 bits per heavy atom. The minimum Gasteiger partial charge on any atom is -0.369 e. The summed E-state index contributed by atoms with van der Waals surface area (Å²) in [5.41, 5.74) is 1.50. The van der Waals surface area contributed by atoms with E-state index < -0.39 is 0 Å². The van der Waals surface area contributed by atoms with Crippen LogP contribution in [0.3, 0.4) is 0 Å². The number of hydrogen-bond donors (Lipinski definition) is 1. The van der Waals surface area contributed by atoms with Crippen molar-refractivity contribution in [3.8, 4) is 6.07 Å². The van der Waals surface area contributed by atoms with Crippen LogP contribution in [0, 0.1) is 11.3 Å². The second kappa shape index (κ2) is 3.97. The minimum absolute atomic E-state index is 0.593. The molecule has 0 unspecified atom stereocenters. The van der Waals surface area contributed by atoms with Crippen molar-refractivity contribution >= 4 is 16.7 Å². The first kappa shape index (κ1) is 9.47. The van der Waals surface area contributed by atoms with E-state index in [1.54, 1.807) is 0 Å². The summed E-state index contributed by atoms with van der Waals surface area (Å²) in [4.78, 5) is 4.40. The Labute approximate surface area is 88.4 Å². The molecule has 1 aromatic carbocycles. The standard InChI is InChI=1S/C12H11N3/c1-2-14-12-10(8-13)7-9-5-3-4-6-11(9)15-12/h3-7H,2H2,1H3,(H,14,15). The van der Waals surface area contributed by atoms with Gasteiger partial charge in [0.1, 0.15) is 11.9 Å². The molecule has 0 amide bonds. The van der Waals surface area contributed by atoms with Gasteiger partial charge in [-0.3, -0.25) is 0 Å². The first-order valence-electron chi connectivity index (χ1n) is 4.89. The van der Waals surface area contributed by atoms with E-state index in [2.05, 4.69) is 16.4 Å². The quantitative estimate of drug-likeness (QED) is 0.804. The molecule has 0 aliphatic carbocycles. The van der Waals surface area contributed by atoms with Gasteiger partial charge in [-0.1, -0.05) is 18.2 Å². The summed E-state index contributed by atoms with van der Waals surface area (Å²) >= 11 is 0. The van der Waals surface area contributed by atoms with Crippen molar-refractivity contribution in [1.29, 1.82) is 5.26 Å². The van der Waals surface area contributed by atoms with Crippen LogP contribution in [0.25, 0.3) is 10.9 Å². The van der Waals surface area contributed by atoms with Crippen molar-refractivity contribution in [2.75, 3.05) is 11.9 Å². The van der Waals surface area contributed by atoms with Crippen molar-refractivity contribution in [1.82, 2.24) is 4.98 Å². The molecule has 1 heterocycles. The molecule has 0 saturated carbocycles. The average molecular weight is 197 g/mol. The summed E-state index contributed by atoms with van der Waals surface area (Å²) in [6.07, 6.45) is 0. The highest BCUT2D eigenvalue weighted by molar-refractivity contribution is 5.82.